The average Bonchev–Trinajstić information content (AvgIpc) is 3.03. The first-order valence-corrected chi connectivity index (χ1v) is 9.23. The number of thiophene rings is 1. The molecule has 0 aliphatic heterocycles. The molecule has 0 fully saturated rings. The third-order valence-electron chi connectivity index (χ3n) is 3.62. The van der Waals surface area contributed by atoms with Crippen molar-refractivity contribution >= 4 is 29.5 Å². The summed E-state index contributed by atoms with van der Waals surface area (Å²) >= 11 is 1.44. The number of carbonyl (C=O) groups is 1. The van der Waals surface area contributed by atoms with E-state index < -0.39 is 0 Å². The fourth-order valence-corrected chi connectivity index (χ4v) is 2.97. The largest absolute Gasteiger partial charge is 0.507 e. The normalized spacial score (nSPS) is 10.5. The molecule has 1 heterocycles. The second kappa shape index (κ2) is 10.6. The zero-order chi connectivity index (χ0) is 18.3. The fourth-order valence-electron chi connectivity index (χ4n) is 2.28. The van der Waals surface area contributed by atoms with Crippen LogP contribution < -0.4 is 5.32 Å². The van der Waals surface area contributed by atoms with Crippen LogP contribution in [-0.2, 0) is 5.41 Å². The highest BCUT2D eigenvalue weighted by Gasteiger charge is 2.22. The molecule has 25 heavy (non-hydrogen) atoms. The molecule has 0 aliphatic rings. The molecular weight excluding hydrogens is 354 g/mol. The number of hydrogen-bond acceptors (Lipinski definition) is 4. The number of rotatable bonds is 4. The molecule has 2 N–H and O–H groups in total. The third-order valence-corrected chi connectivity index (χ3v) is 4.48. The molecule has 0 amide bonds. The van der Waals surface area contributed by atoms with E-state index >= 15 is 0 Å². The highest BCUT2D eigenvalue weighted by atomic mass is 35.5. The van der Waals surface area contributed by atoms with Gasteiger partial charge in [0, 0.05) is 11.1 Å². The van der Waals surface area contributed by atoms with Gasteiger partial charge in [-0.3, -0.25) is 4.79 Å². The number of hydrogen-bond donors (Lipinski definition) is 2. The van der Waals surface area contributed by atoms with Crippen molar-refractivity contribution in [1.29, 1.82) is 0 Å². The first kappa shape index (κ1) is 23.6. The van der Waals surface area contributed by atoms with E-state index in [9.17, 15) is 9.90 Å². The quantitative estimate of drug-likeness (QED) is 0.701. The number of carbonyl (C=O) groups excluding carboxylic acids is 1. The van der Waals surface area contributed by atoms with Crippen molar-refractivity contribution in [2.75, 3.05) is 13.1 Å². The lowest BCUT2D eigenvalue weighted by Gasteiger charge is -2.22. The molecule has 1 aromatic carbocycles. The van der Waals surface area contributed by atoms with Gasteiger partial charge in [0.2, 0.25) is 5.78 Å². The van der Waals surface area contributed by atoms with Crippen LogP contribution in [0.25, 0.3) is 0 Å². The number of ketones is 1. The van der Waals surface area contributed by atoms with Crippen molar-refractivity contribution in [1.82, 2.24) is 5.32 Å². The Labute approximate surface area is 161 Å². The van der Waals surface area contributed by atoms with Crippen molar-refractivity contribution in [2.45, 2.75) is 47.0 Å². The van der Waals surface area contributed by atoms with Crippen LogP contribution in [0.4, 0.5) is 0 Å². The number of halogens is 1. The Bertz CT molecular complexity index is 659. The second-order valence-corrected chi connectivity index (χ2v) is 7.65. The van der Waals surface area contributed by atoms with Gasteiger partial charge in [-0.2, -0.15) is 0 Å². The van der Waals surface area contributed by atoms with Crippen molar-refractivity contribution in [3.05, 3.63) is 51.2 Å². The number of benzene rings is 1. The predicted octanol–water partition coefficient (Wildman–Crippen LogP) is 5.33. The highest BCUT2D eigenvalue weighted by molar-refractivity contribution is 7.12. The van der Waals surface area contributed by atoms with Gasteiger partial charge in [0.25, 0.3) is 0 Å². The molecule has 0 unspecified atom stereocenters. The van der Waals surface area contributed by atoms with Crippen molar-refractivity contribution < 1.29 is 9.90 Å². The number of aryl methyl sites for hydroxylation is 1. The van der Waals surface area contributed by atoms with E-state index in [4.69, 9.17) is 0 Å². The summed E-state index contributed by atoms with van der Waals surface area (Å²) in [7, 11) is 0. The summed E-state index contributed by atoms with van der Waals surface area (Å²) in [5.41, 5.74) is 2.00. The molecule has 1 aromatic heterocycles. The van der Waals surface area contributed by atoms with Gasteiger partial charge in [0.15, 0.2) is 0 Å². The van der Waals surface area contributed by atoms with E-state index in [2.05, 4.69) is 19.2 Å². The predicted molar refractivity (Wildman–Crippen MR) is 111 cm³/mol. The molecule has 2 rings (SSSR count). The van der Waals surface area contributed by atoms with Crippen LogP contribution in [0.3, 0.4) is 0 Å². The van der Waals surface area contributed by atoms with Gasteiger partial charge in [-0.05, 0) is 54.6 Å². The van der Waals surface area contributed by atoms with Gasteiger partial charge < -0.3 is 10.4 Å². The van der Waals surface area contributed by atoms with E-state index in [0.717, 1.165) is 29.1 Å². The maximum atomic E-state index is 12.4. The molecule has 0 bridgehead atoms. The first-order chi connectivity index (χ1) is 11.2. The van der Waals surface area contributed by atoms with E-state index in [1.165, 1.54) is 11.3 Å². The van der Waals surface area contributed by atoms with Crippen LogP contribution in [0, 0.1) is 6.92 Å². The van der Waals surface area contributed by atoms with Gasteiger partial charge >= 0.3 is 0 Å². The third kappa shape index (κ3) is 6.81. The number of nitrogens with one attached hydrogen (secondary N) is 1. The summed E-state index contributed by atoms with van der Waals surface area (Å²) in [5, 5.41) is 15.2. The SMILES string of the molecule is CCNCC.Cc1cc(C(=O)c2cccs2)cc(C(C)(C)C)c1O.Cl. The van der Waals surface area contributed by atoms with Crippen molar-refractivity contribution in [3.63, 3.8) is 0 Å². The van der Waals surface area contributed by atoms with Gasteiger partial charge in [-0.1, -0.05) is 40.7 Å². The monoisotopic (exact) mass is 383 g/mol. The van der Waals surface area contributed by atoms with Crippen LogP contribution >= 0.6 is 23.7 Å². The lowest BCUT2D eigenvalue weighted by molar-refractivity contribution is 0.104. The highest BCUT2D eigenvalue weighted by Crippen LogP contribution is 2.34. The Kier molecular flexibility index (Phi) is 10.0. The van der Waals surface area contributed by atoms with Crippen molar-refractivity contribution in [3.8, 4) is 5.75 Å². The van der Waals surface area contributed by atoms with Crippen LogP contribution in [-0.4, -0.2) is 24.0 Å². The second-order valence-electron chi connectivity index (χ2n) is 6.70. The molecule has 0 aliphatic carbocycles. The lowest BCUT2D eigenvalue weighted by atomic mass is 9.83. The molecule has 5 heteroatoms. The molecular formula is C20H30ClNO2S. The minimum atomic E-state index is -0.194. The Morgan fingerprint density at radius 1 is 1.20 bits per heavy atom. The minimum absolute atomic E-state index is 0. The standard InChI is InChI=1S/C16H18O2S.C4H11N.ClH/c1-10-8-11(15(18)13-6-5-7-19-13)9-12(14(10)17)16(2,3)4;1-3-5-4-2;/h5-9,17H,1-4H3;5H,3-4H2,1-2H3;1H. The molecule has 2 aromatic rings. The molecule has 0 radical (unpaired) electrons. The lowest BCUT2D eigenvalue weighted by Crippen LogP contribution is -2.13. The molecule has 0 saturated heterocycles. The first-order valence-electron chi connectivity index (χ1n) is 8.35. The zero-order valence-corrected chi connectivity index (χ0v) is 17.6. The van der Waals surface area contributed by atoms with Crippen LogP contribution in [0.5, 0.6) is 5.75 Å². The van der Waals surface area contributed by atoms with Gasteiger partial charge in [-0.25, -0.2) is 0 Å². The van der Waals surface area contributed by atoms with E-state index in [1.54, 1.807) is 6.07 Å². The summed E-state index contributed by atoms with van der Waals surface area (Å²) in [6.45, 7) is 14.3. The number of aromatic hydroxyl groups is 1. The van der Waals surface area contributed by atoms with Gasteiger partial charge in [0.1, 0.15) is 5.75 Å². The number of phenols is 1. The topological polar surface area (TPSA) is 49.3 Å². The van der Waals surface area contributed by atoms with E-state index in [1.807, 2.05) is 51.3 Å². The summed E-state index contributed by atoms with van der Waals surface area (Å²) in [6.07, 6.45) is 0. The molecule has 140 valence electrons. The molecule has 0 atom stereocenters. The fraction of sp³-hybridized carbons (Fsp3) is 0.450. The van der Waals surface area contributed by atoms with E-state index in [0.29, 0.717) is 5.56 Å². The van der Waals surface area contributed by atoms with Crippen LogP contribution in [0.2, 0.25) is 0 Å². The van der Waals surface area contributed by atoms with Gasteiger partial charge in [0.05, 0.1) is 4.88 Å². The Hall–Kier alpha value is -1.36. The van der Waals surface area contributed by atoms with E-state index in [-0.39, 0.29) is 29.4 Å². The van der Waals surface area contributed by atoms with Crippen molar-refractivity contribution in [2.24, 2.45) is 0 Å². The summed E-state index contributed by atoms with van der Waals surface area (Å²) in [4.78, 5) is 13.1. The Balaban J connectivity index is 0.000000848. The zero-order valence-electron chi connectivity index (χ0n) is 16.0. The van der Waals surface area contributed by atoms with Crippen LogP contribution in [0.15, 0.2) is 29.6 Å². The average molecular weight is 384 g/mol. The smallest absolute Gasteiger partial charge is 0.202 e. The minimum Gasteiger partial charge on any atom is -0.507 e. The number of phenolic OH excluding ortho intramolecular Hbond substituents is 1. The maximum absolute atomic E-state index is 12.4. The summed E-state index contributed by atoms with van der Waals surface area (Å²) in [5.74, 6) is 0.304. The Morgan fingerprint density at radius 3 is 2.20 bits per heavy atom. The van der Waals surface area contributed by atoms with Crippen LogP contribution in [0.1, 0.15) is 61.0 Å². The van der Waals surface area contributed by atoms with Gasteiger partial charge in [-0.15, -0.1) is 23.7 Å². The molecule has 0 spiro atoms. The molecule has 0 saturated carbocycles. The summed E-state index contributed by atoms with van der Waals surface area (Å²) < 4.78 is 0. The Morgan fingerprint density at radius 2 is 1.80 bits per heavy atom. The maximum Gasteiger partial charge on any atom is 0.202 e. The summed E-state index contributed by atoms with van der Waals surface area (Å²) in [6, 6.07) is 7.26. The molecule has 3 nitrogen and oxygen atoms in total.